The second-order valence-electron chi connectivity index (χ2n) is 4.01. The number of phenols is 1. The van der Waals surface area contributed by atoms with E-state index in [1.807, 2.05) is 36.4 Å². The van der Waals surface area contributed by atoms with Crippen LogP contribution in [0.2, 0.25) is 0 Å². The lowest BCUT2D eigenvalue weighted by Gasteiger charge is -2.07. The first-order valence-corrected chi connectivity index (χ1v) is 6.86. The number of hydrogen-bond acceptors (Lipinski definition) is 1. The van der Waals surface area contributed by atoms with Crippen molar-refractivity contribution in [3.8, 4) is 16.9 Å². The molecule has 17 heavy (non-hydrogen) atoms. The molecule has 1 nitrogen and oxygen atoms in total. The van der Waals surface area contributed by atoms with Gasteiger partial charge in [-0.25, -0.2) is 0 Å². The van der Waals surface area contributed by atoms with E-state index < -0.39 is 0 Å². The molecule has 0 spiro atoms. The van der Waals surface area contributed by atoms with E-state index in [-0.39, 0.29) is 0 Å². The van der Waals surface area contributed by atoms with Crippen LogP contribution in [0.25, 0.3) is 11.1 Å². The maximum absolute atomic E-state index is 9.90. The Kier molecular flexibility index (Phi) is 4.21. The van der Waals surface area contributed by atoms with Crippen LogP contribution in [0.4, 0.5) is 0 Å². The molecule has 0 bridgehead atoms. The van der Waals surface area contributed by atoms with Crippen LogP contribution in [0.15, 0.2) is 48.5 Å². The summed E-state index contributed by atoms with van der Waals surface area (Å²) in [4.78, 5) is 0. The van der Waals surface area contributed by atoms with E-state index in [0.717, 1.165) is 29.3 Å². The minimum absolute atomic E-state index is 0.346. The van der Waals surface area contributed by atoms with E-state index in [4.69, 9.17) is 0 Å². The first-order chi connectivity index (χ1) is 8.31. The summed E-state index contributed by atoms with van der Waals surface area (Å²) >= 11 is 3.44. The van der Waals surface area contributed by atoms with E-state index >= 15 is 0 Å². The molecule has 0 saturated heterocycles. The van der Waals surface area contributed by atoms with E-state index in [0.29, 0.717) is 5.75 Å². The summed E-state index contributed by atoms with van der Waals surface area (Å²) in [6.07, 6.45) is 2.14. The van der Waals surface area contributed by atoms with Crippen LogP contribution >= 0.6 is 15.9 Å². The summed E-state index contributed by atoms with van der Waals surface area (Å²) in [6, 6.07) is 15.8. The van der Waals surface area contributed by atoms with Crippen molar-refractivity contribution in [1.82, 2.24) is 0 Å². The van der Waals surface area contributed by atoms with Gasteiger partial charge < -0.3 is 5.11 Å². The highest BCUT2D eigenvalue weighted by Crippen LogP contribution is 2.30. The van der Waals surface area contributed by atoms with Crippen molar-refractivity contribution in [3.05, 3.63) is 54.1 Å². The summed E-state index contributed by atoms with van der Waals surface area (Å²) in [6.45, 7) is 0. The van der Waals surface area contributed by atoms with Crippen molar-refractivity contribution >= 4 is 15.9 Å². The third kappa shape index (κ3) is 3.10. The zero-order valence-corrected chi connectivity index (χ0v) is 11.2. The number of alkyl halides is 1. The van der Waals surface area contributed by atoms with Crippen LogP contribution in [0, 0.1) is 0 Å². The molecule has 0 amide bonds. The number of halogens is 1. The van der Waals surface area contributed by atoms with Gasteiger partial charge in [-0.15, -0.1) is 0 Å². The fourth-order valence-corrected chi connectivity index (χ4v) is 2.14. The number of benzene rings is 2. The molecule has 2 rings (SSSR count). The quantitative estimate of drug-likeness (QED) is 0.828. The van der Waals surface area contributed by atoms with E-state index in [1.54, 1.807) is 6.07 Å². The van der Waals surface area contributed by atoms with Crippen molar-refractivity contribution in [3.63, 3.8) is 0 Å². The molecule has 0 aliphatic heterocycles. The fourth-order valence-electron chi connectivity index (χ4n) is 1.86. The first kappa shape index (κ1) is 12.2. The Morgan fingerprint density at radius 3 is 2.47 bits per heavy atom. The number of phenolic OH excluding ortho intramolecular Hbond substituents is 1. The Morgan fingerprint density at radius 2 is 1.76 bits per heavy atom. The molecule has 0 fully saturated rings. The van der Waals surface area contributed by atoms with Gasteiger partial charge in [-0.1, -0.05) is 52.3 Å². The molecule has 0 saturated carbocycles. The Morgan fingerprint density at radius 1 is 1.00 bits per heavy atom. The van der Waals surface area contributed by atoms with Gasteiger partial charge >= 0.3 is 0 Å². The highest BCUT2D eigenvalue weighted by Gasteiger charge is 2.04. The highest BCUT2D eigenvalue weighted by molar-refractivity contribution is 9.09. The average Bonchev–Trinajstić information content (AvgIpc) is 2.39. The van der Waals surface area contributed by atoms with Crippen molar-refractivity contribution in [1.29, 1.82) is 0 Å². The normalized spacial score (nSPS) is 10.4. The highest BCUT2D eigenvalue weighted by atomic mass is 79.9. The van der Waals surface area contributed by atoms with Crippen molar-refractivity contribution in [2.45, 2.75) is 12.8 Å². The van der Waals surface area contributed by atoms with E-state index in [1.165, 1.54) is 5.56 Å². The maximum Gasteiger partial charge on any atom is 0.123 e. The maximum atomic E-state index is 9.90. The monoisotopic (exact) mass is 290 g/mol. The predicted molar refractivity (Wildman–Crippen MR) is 75.7 cm³/mol. The molecule has 0 aliphatic carbocycles. The van der Waals surface area contributed by atoms with Crippen LogP contribution in [0.3, 0.4) is 0 Å². The molecule has 0 unspecified atom stereocenters. The molecule has 0 radical (unpaired) electrons. The van der Waals surface area contributed by atoms with E-state index in [2.05, 4.69) is 22.0 Å². The van der Waals surface area contributed by atoms with Gasteiger partial charge in [-0.3, -0.25) is 0 Å². The molecule has 88 valence electrons. The van der Waals surface area contributed by atoms with Crippen LogP contribution in [0.1, 0.15) is 12.0 Å². The third-order valence-electron chi connectivity index (χ3n) is 2.74. The van der Waals surface area contributed by atoms with Gasteiger partial charge in [0.1, 0.15) is 5.75 Å². The van der Waals surface area contributed by atoms with Gasteiger partial charge in [0.2, 0.25) is 0 Å². The lowest BCUT2D eigenvalue weighted by atomic mass is 10.0. The van der Waals surface area contributed by atoms with Gasteiger partial charge in [-0.2, -0.15) is 0 Å². The molecule has 2 aromatic carbocycles. The molecule has 1 N–H and O–H groups in total. The lowest BCUT2D eigenvalue weighted by Crippen LogP contribution is -1.88. The molecular weight excluding hydrogens is 276 g/mol. The second kappa shape index (κ2) is 5.87. The Labute approximate surface area is 110 Å². The number of aryl methyl sites for hydroxylation is 1. The van der Waals surface area contributed by atoms with Gasteiger partial charge in [-0.05, 0) is 36.1 Å². The minimum atomic E-state index is 0.346. The molecule has 2 heteroatoms. The molecule has 0 aromatic heterocycles. The Balaban J connectivity index is 2.33. The van der Waals surface area contributed by atoms with Crippen molar-refractivity contribution in [2.24, 2.45) is 0 Å². The molecule has 0 heterocycles. The summed E-state index contributed by atoms with van der Waals surface area (Å²) < 4.78 is 0. The Bertz CT molecular complexity index is 480. The summed E-state index contributed by atoms with van der Waals surface area (Å²) in [7, 11) is 0. The summed E-state index contributed by atoms with van der Waals surface area (Å²) in [5.41, 5.74) is 3.24. The molecule has 0 atom stereocenters. The largest absolute Gasteiger partial charge is 0.507 e. The summed E-state index contributed by atoms with van der Waals surface area (Å²) in [5, 5.41) is 10.9. The molecule has 2 aromatic rings. The van der Waals surface area contributed by atoms with Crippen LogP contribution in [-0.2, 0) is 6.42 Å². The predicted octanol–water partition coefficient (Wildman–Crippen LogP) is 4.39. The first-order valence-electron chi connectivity index (χ1n) is 5.74. The van der Waals surface area contributed by atoms with Crippen molar-refractivity contribution < 1.29 is 5.11 Å². The number of hydrogen-bond donors (Lipinski definition) is 1. The van der Waals surface area contributed by atoms with Crippen molar-refractivity contribution in [2.75, 3.05) is 5.33 Å². The van der Waals surface area contributed by atoms with Crippen LogP contribution in [-0.4, -0.2) is 10.4 Å². The smallest absolute Gasteiger partial charge is 0.123 e. The van der Waals surface area contributed by atoms with Gasteiger partial charge in [0.15, 0.2) is 0 Å². The standard InChI is InChI=1S/C15H15BrO/c16-10-4-5-12-8-9-15(17)14(11-12)13-6-2-1-3-7-13/h1-3,6-9,11,17H,4-5,10H2. The minimum Gasteiger partial charge on any atom is -0.507 e. The van der Waals surface area contributed by atoms with Crippen LogP contribution in [0.5, 0.6) is 5.75 Å². The topological polar surface area (TPSA) is 20.2 Å². The second-order valence-corrected chi connectivity index (χ2v) is 4.80. The third-order valence-corrected chi connectivity index (χ3v) is 3.31. The number of aromatic hydroxyl groups is 1. The average molecular weight is 291 g/mol. The van der Waals surface area contributed by atoms with Gasteiger partial charge in [0.05, 0.1) is 0 Å². The Hall–Kier alpha value is -1.28. The molecular formula is C15H15BrO. The van der Waals surface area contributed by atoms with E-state index in [9.17, 15) is 5.11 Å². The molecule has 0 aliphatic rings. The van der Waals surface area contributed by atoms with Gasteiger partial charge in [0.25, 0.3) is 0 Å². The zero-order chi connectivity index (χ0) is 12.1. The SMILES string of the molecule is Oc1ccc(CCCBr)cc1-c1ccccc1. The summed E-state index contributed by atoms with van der Waals surface area (Å²) in [5.74, 6) is 0.346. The fraction of sp³-hybridized carbons (Fsp3) is 0.200. The zero-order valence-electron chi connectivity index (χ0n) is 9.57. The lowest BCUT2D eigenvalue weighted by molar-refractivity contribution is 0.477. The van der Waals surface area contributed by atoms with Gasteiger partial charge in [0, 0.05) is 10.9 Å². The number of rotatable bonds is 4. The van der Waals surface area contributed by atoms with Crippen LogP contribution < -0.4 is 0 Å².